The van der Waals surface area contributed by atoms with Crippen LogP contribution in [0.4, 0.5) is 0 Å². The maximum Gasteiger partial charge on any atom is 0.274 e. The molecule has 0 aliphatic carbocycles. The third-order valence-corrected chi connectivity index (χ3v) is 3.19. The Morgan fingerprint density at radius 3 is 2.70 bits per heavy atom. The van der Waals surface area contributed by atoms with Crippen molar-refractivity contribution in [2.24, 2.45) is 0 Å². The molecule has 0 spiro atoms. The van der Waals surface area contributed by atoms with Crippen molar-refractivity contribution < 1.29 is 14.6 Å². The molecular formula is C13H21N3O4. The summed E-state index contributed by atoms with van der Waals surface area (Å²) in [6, 6.07) is 2.69. The number of methoxy groups -OCH3 is 1. The molecule has 1 amide bonds. The number of ether oxygens (including phenoxy) is 1. The minimum absolute atomic E-state index is 0.157. The van der Waals surface area contributed by atoms with Gasteiger partial charge in [0.1, 0.15) is 5.69 Å². The molecule has 0 fully saturated rings. The van der Waals surface area contributed by atoms with E-state index in [-0.39, 0.29) is 30.3 Å². The first-order valence-corrected chi connectivity index (χ1v) is 6.29. The molecule has 1 aromatic heterocycles. The summed E-state index contributed by atoms with van der Waals surface area (Å²) in [6.45, 7) is 3.93. The van der Waals surface area contributed by atoms with Crippen LogP contribution >= 0.6 is 0 Å². The van der Waals surface area contributed by atoms with Crippen LogP contribution in [0.25, 0.3) is 0 Å². The Bertz CT molecular complexity index is 525. The molecule has 0 atom stereocenters. The lowest BCUT2D eigenvalue weighted by molar-refractivity contribution is 0.0464. The van der Waals surface area contributed by atoms with Crippen molar-refractivity contribution in [3.8, 4) is 0 Å². The standard InChI is InChI=1S/C13H21N3O4/c1-13(2,9-17)15(3)12(19)10-5-6-11(18)16(14-10)7-8-20-4/h5-6,17H,7-9H2,1-4H3. The Hall–Kier alpha value is -1.73. The molecule has 7 nitrogen and oxygen atoms in total. The van der Waals surface area contributed by atoms with Gasteiger partial charge in [-0.1, -0.05) is 0 Å². The van der Waals surface area contributed by atoms with Gasteiger partial charge in [0.2, 0.25) is 0 Å². The minimum atomic E-state index is -0.702. The van der Waals surface area contributed by atoms with Gasteiger partial charge in [-0.25, -0.2) is 4.68 Å². The molecule has 0 aliphatic rings. The van der Waals surface area contributed by atoms with E-state index in [0.29, 0.717) is 6.61 Å². The lowest BCUT2D eigenvalue weighted by atomic mass is 10.0. The maximum atomic E-state index is 12.3. The first-order valence-electron chi connectivity index (χ1n) is 6.29. The highest BCUT2D eigenvalue weighted by Crippen LogP contribution is 2.13. The SMILES string of the molecule is COCCn1nc(C(=O)N(C)C(C)(C)CO)ccc1=O. The van der Waals surface area contributed by atoms with Gasteiger partial charge < -0.3 is 14.7 Å². The Balaban J connectivity index is 3.02. The van der Waals surface area contributed by atoms with Crippen molar-refractivity contribution in [3.05, 3.63) is 28.2 Å². The van der Waals surface area contributed by atoms with E-state index >= 15 is 0 Å². The zero-order valence-corrected chi connectivity index (χ0v) is 12.3. The van der Waals surface area contributed by atoms with Crippen LogP contribution < -0.4 is 5.56 Å². The lowest BCUT2D eigenvalue weighted by Gasteiger charge is -2.33. The van der Waals surface area contributed by atoms with E-state index in [2.05, 4.69) is 5.10 Å². The van der Waals surface area contributed by atoms with E-state index in [1.54, 1.807) is 20.9 Å². The molecule has 1 aromatic rings. The molecule has 0 saturated heterocycles. The molecule has 0 unspecified atom stereocenters. The van der Waals surface area contributed by atoms with Crippen LogP contribution in [0.3, 0.4) is 0 Å². The van der Waals surface area contributed by atoms with Gasteiger partial charge in [-0.05, 0) is 19.9 Å². The average molecular weight is 283 g/mol. The predicted molar refractivity (Wildman–Crippen MR) is 73.6 cm³/mol. The summed E-state index contributed by atoms with van der Waals surface area (Å²) >= 11 is 0. The predicted octanol–water partition coefficient (Wildman–Crippen LogP) is -0.267. The second-order valence-electron chi connectivity index (χ2n) is 5.11. The highest BCUT2D eigenvalue weighted by atomic mass is 16.5. The van der Waals surface area contributed by atoms with E-state index in [4.69, 9.17) is 4.74 Å². The summed E-state index contributed by atoms with van der Waals surface area (Å²) in [6.07, 6.45) is 0. The number of amides is 1. The van der Waals surface area contributed by atoms with Crippen LogP contribution in [0.1, 0.15) is 24.3 Å². The second kappa shape index (κ2) is 6.62. The third kappa shape index (κ3) is 3.64. The van der Waals surface area contributed by atoms with E-state index in [0.717, 1.165) is 0 Å². The maximum absolute atomic E-state index is 12.3. The molecule has 0 bridgehead atoms. The van der Waals surface area contributed by atoms with Gasteiger partial charge in [0.05, 0.1) is 25.3 Å². The number of rotatable bonds is 6. The van der Waals surface area contributed by atoms with Crippen LogP contribution in [0.15, 0.2) is 16.9 Å². The van der Waals surface area contributed by atoms with Gasteiger partial charge in [0, 0.05) is 20.2 Å². The highest BCUT2D eigenvalue weighted by Gasteiger charge is 2.28. The van der Waals surface area contributed by atoms with Crippen molar-refractivity contribution in [2.75, 3.05) is 27.4 Å². The number of carbonyl (C=O) groups excluding carboxylic acids is 1. The van der Waals surface area contributed by atoms with Crippen LogP contribution in [0.5, 0.6) is 0 Å². The average Bonchev–Trinajstić information content (AvgIpc) is 2.44. The lowest BCUT2D eigenvalue weighted by Crippen LogP contribution is -2.48. The fourth-order valence-electron chi connectivity index (χ4n) is 1.45. The number of nitrogens with zero attached hydrogens (tertiary/aromatic N) is 3. The second-order valence-corrected chi connectivity index (χ2v) is 5.11. The van der Waals surface area contributed by atoms with Gasteiger partial charge in [-0.2, -0.15) is 5.10 Å². The minimum Gasteiger partial charge on any atom is -0.394 e. The number of likely N-dealkylation sites (N-methyl/N-ethyl adjacent to an activating group) is 1. The van der Waals surface area contributed by atoms with Crippen molar-refractivity contribution >= 4 is 5.91 Å². The molecule has 0 radical (unpaired) electrons. The van der Waals surface area contributed by atoms with E-state index < -0.39 is 5.54 Å². The summed E-state index contributed by atoms with van der Waals surface area (Å²) in [7, 11) is 3.11. The molecule has 1 heterocycles. The number of carbonyl (C=O) groups is 1. The van der Waals surface area contributed by atoms with Gasteiger partial charge in [0.25, 0.3) is 11.5 Å². The Morgan fingerprint density at radius 2 is 2.15 bits per heavy atom. The topological polar surface area (TPSA) is 84.7 Å². The summed E-state index contributed by atoms with van der Waals surface area (Å²) in [5, 5.41) is 13.3. The zero-order chi connectivity index (χ0) is 15.3. The molecule has 20 heavy (non-hydrogen) atoms. The van der Waals surface area contributed by atoms with Crippen molar-refractivity contribution in [2.45, 2.75) is 25.9 Å². The number of hydrogen-bond donors (Lipinski definition) is 1. The van der Waals surface area contributed by atoms with Gasteiger partial charge in [0.15, 0.2) is 0 Å². The smallest absolute Gasteiger partial charge is 0.274 e. The van der Waals surface area contributed by atoms with Gasteiger partial charge >= 0.3 is 0 Å². The Kier molecular flexibility index (Phi) is 5.41. The molecule has 1 N–H and O–H groups in total. The van der Waals surface area contributed by atoms with E-state index in [1.165, 1.54) is 28.8 Å². The number of aliphatic hydroxyl groups excluding tert-OH is 1. The van der Waals surface area contributed by atoms with Crippen LogP contribution in [0, 0.1) is 0 Å². The summed E-state index contributed by atoms with van der Waals surface area (Å²) in [4.78, 5) is 25.3. The van der Waals surface area contributed by atoms with E-state index in [1.807, 2.05) is 0 Å². The van der Waals surface area contributed by atoms with Crippen LogP contribution in [-0.4, -0.2) is 58.6 Å². The molecule has 0 aliphatic heterocycles. The van der Waals surface area contributed by atoms with Crippen molar-refractivity contribution in [1.29, 1.82) is 0 Å². The first-order chi connectivity index (χ1) is 9.33. The number of aromatic nitrogens is 2. The number of hydrogen-bond acceptors (Lipinski definition) is 5. The van der Waals surface area contributed by atoms with Crippen molar-refractivity contribution in [3.63, 3.8) is 0 Å². The van der Waals surface area contributed by atoms with Crippen molar-refractivity contribution in [1.82, 2.24) is 14.7 Å². The first kappa shape index (κ1) is 16.3. The third-order valence-electron chi connectivity index (χ3n) is 3.19. The van der Waals surface area contributed by atoms with Crippen LogP contribution in [0.2, 0.25) is 0 Å². The zero-order valence-electron chi connectivity index (χ0n) is 12.3. The molecule has 112 valence electrons. The van der Waals surface area contributed by atoms with Gasteiger partial charge in [-0.15, -0.1) is 0 Å². The van der Waals surface area contributed by atoms with E-state index in [9.17, 15) is 14.7 Å². The van der Waals surface area contributed by atoms with Crippen LogP contribution in [-0.2, 0) is 11.3 Å². The molecular weight excluding hydrogens is 262 g/mol. The highest BCUT2D eigenvalue weighted by molar-refractivity contribution is 5.92. The molecule has 7 heteroatoms. The summed E-state index contributed by atoms with van der Waals surface area (Å²) in [5.41, 5.74) is -0.834. The largest absolute Gasteiger partial charge is 0.394 e. The quantitative estimate of drug-likeness (QED) is 0.777. The molecule has 0 saturated carbocycles. The Morgan fingerprint density at radius 1 is 1.50 bits per heavy atom. The molecule has 0 aromatic carbocycles. The fraction of sp³-hybridized carbons (Fsp3) is 0.615. The molecule has 1 rings (SSSR count). The van der Waals surface area contributed by atoms with Gasteiger partial charge in [-0.3, -0.25) is 9.59 Å². The normalized spacial score (nSPS) is 11.4. The fourth-order valence-corrected chi connectivity index (χ4v) is 1.45. The summed E-state index contributed by atoms with van der Waals surface area (Å²) in [5.74, 6) is -0.352. The summed E-state index contributed by atoms with van der Waals surface area (Å²) < 4.78 is 6.08. The Labute approximate surface area is 117 Å². The monoisotopic (exact) mass is 283 g/mol. The number of aliphatic hydroxyl groups is 1.